The summed E-state index contributed by atoms with van der Waals surface area (Å²) in [7, 11) is 0. The Morgan fingerprint density at radius 2 is 0.931 bits per heavy atom. The summed E-state index contributed by atoms with van der Waals surface area (Å²) >= 11 is 0. The zero-order valence-corrected chi connectivity index (χ0v) is 19.5. The number of nitrogens with two attached hydrogens (primary N) is 2. The summed E-state index contributed by atoms with van der Waals surface area (Å²) < 4.78 is 11.0. The SMILES string of the molecule is CC(C)(C)OC(=O)N(CCCN)CCCCN(CCCCN)C(=O)OC(C)(C)C. The third-order valence-corrected chi connectivity index (χ3v) is 3.92. The van der Waals surface area contributed by atoms with Crippen LogP contribution in [0.15, 0.2) is 0 Å². The summed E-state index contributed by atoms with van der Waals surface area (Å²) in [4.78, 5) is 28.3. The van der Waals surface area contributed by atoms with Crippen molar-refractivity contribution in [3.63, 3.8) is 0 Å². The van der Waals surface area contributed by atoms with Gasteiger partial charge in [0, 0.05) is 26.2 Å². The predicted molar refractivity (Wildman–Crippen MR) is 117 cm³/mol. The van der Waals surface area contributed by atoms with Gasteiger partial charge in [-0.1, -0.05) is 0 Å². The summed E-state index contributed by atoms with van der Waals surface area (Å²) in [5, 5.41) is 0. The van der Waals surface area contributed by atoms with Crippen LogP contribution in [-0.4, -0.2) is 72.5 Å². The lowest BCUT2D eigenvalue weighted by Crippen LogP contribution is -2.40. The standard InChI is InChI=1S/C21H44N4O4/c1-20(2,3)28-18(26)24(14-8-7-12-22)15-9-10-16-25(17-11-13-23)19(27)29-21(4,5)6/h7-17,22-23H2,1-6H3. The van der Waals surface area contributed by atoms with Crippen molar-refractivity contribution in [3.8, 4) is 0 Å². The smallest absolute Gasteiger partial charge is 0.410 e. The molecule has 0 aromatic carbocycles. The lowest BCUT2D eigenvalue weighted by molar-refractivity contribution is 0.0208. The molecule has 0 saturated heterocycles. The lowest BCUT2D eigenvalue weighted by atomic mass is 10.2. The molecule has 0 aliphatic carbocycles. The minimum Gasteiger partial charge on any atom is -0.444 e. The van der Waals surface area contributed by atoms with Crippen LogP contribution in [0.5, 0.6) is 0 Å². The van der Waals surface area contributed by atoms with Crippen LogP contribution in [-0.2, 0) is 9.47 Å². The van der Waals surface area contributed by atoms with Crippen LogP contribution in [0, 0.1) is 0 Å². The van der Waals surface area contributed by atoms with Crippen LogP contribution in [0.3, 0.4) is 0 Å². The lowest BCUT2D eigenvalue weighted by Gasteiger charge is -2.29. The van der Waals surface area contributed by atoms with E-state index in [1.165, 1.54) is 0 Å². The van der Waals surface area contributed by atoms with Gasteiger partial charge in [0.2, 0.25) is 0 Å². The van der Waals surface area contributed by atoms with E-state index in [9.17, 15) is 9.59 Å². The van der Waals surface area contributed by atoms with Crippen LogP contribution < -0.4 is 11.5 Å². The van der Waals surface area contributed by atoms with Gasteiger partial charge in [-0.3, -0.25) is 0 Å². The van der Waals surface area contributed by atoms with Crippen LogP contribution in [0.2, 0.25) is 0 Å². The Bertz CT molecular complexity index is 472. The first kappa shape index (κ1) is 27.5. The van der Waals surface area contributed by atoms with Gasteiger partial charge >= 0.3 is 12.2 Å². The molecule has 0 unspecified atom stereocenters. The van der Waals surface area contributed by atoms with Gasteiger partial charge in [-0.25, -0.2) is 9.59 Å². The van der Waals surface area contributed by atoms with E-state index in [1.807, 2.05) is 41.5 Å². The Kier molecular flexibility index (Phi) is 12.9. The van der Waals surface area contributed by atoms with E-state index in [0.717, 1.165) is 32.1 Å². The average molecular weight is 417 g/mol. The minimum absolute atomic E-state index is 0.304. The molecule has 4 N–H and O–H groups in total. The maximum Gasteiger partial charge on any atom is 0.410 e. The molecule has 8 nitrogen and oxygen atoms in total. The fourth-order valence-electron chi connectivity index (χ4n) is 2.58. The molecule has 0 rings (SSSR count). The van der Waals surface area contributed by atoms with Gasteiger partial charge < -0.3 is 30.7 Å². The summed E-state index contributed by atoms with van der Waals surface area (Å²) in [6, 6.07) is 0. The van der Waals surface area contributed by atoms with Crippen molar-refractivity contribution in [3.05, 3.63) is 0 Å². The van der Waals surface area contributed by atoms with Crippen LogP contribution in [0.25, 0.3) is 0 Å². The van der Waals surface area contributed by atoms with Crippen molar-refractivity contribution in [2.24, 2.45) is 11.5 Å². The Labute approximate surface area is 177 Å². The summed E-state index contributed by atoms with van der Waals surface area (Å²) in [5.41, 5.74) is 10.1. The van der Waals surface area contributed by atoms with Crippen LogP contribution in [0.1, 0.15) is 73.6 Å². The molecule has 0 radical (unpaired) electrons. The highest BCUT2D eigenvalue weighted by atomic mass is 16.6. The van der Waals surface area contributed by atoms with E-state index in [1.54, 1.807) is 9.80 Å². The summed E-state index contributed by atoms with van der Waals surface area (Å²) in [6.07, 6.45) is 3.34. The Balaban J connectivity index is 4.67. The number of carbonyl (C=O) groups excluding carboxylic acids is 2. The van der Waals surface area contributed by atoms with Gasteiger partial charge in [0.1, 0.15) is 11.2 Å². The van der Waals surface area contributed by atoms with E-state index in [-0.39, 0.29) is 12.2 Å². The predicted octanol–water partition coefficient (Wildman–Crippen LogP) is 3.33. The Morgan fingerprint density at radius 1 is 0.621 bits per heavy atom. The van der Waals surface area contributed by atoms with E-state index < -0.39 is 11.2 Å². The number of hydrogen-bond donors (Lipinski definition) is 2. The maximum atomic E-state index is 12.5. The maximum absolute atomic E-state index is 12.5. The number of ether oxygens (including phenoxy) is 2. The van der Waals surface area contributed by atoms with Crippen molar-refractivity contribution >= 4 is 12.2 Å². The third kappa shape index (κ3) is 15.0. The zero-order chi connectivity index (χ0) is 22.5. The van der Waals surface area contributed by atoms with Crippen LogP contribution >= 0.6 is 0 Å². The zero-order valence-electron chi connectivity index (χ0n) is 19.5. The second-order valence-electron chi connectivity index (χ2n) is 9.28. The quantitative estimate of drug-likeness (QED) is 0.472. The molecule has 0 fully saturated rings. The fourth-order valence-corrected chi connectivity index (χ4v) is 2.58. The average Bonchev–Trinajstić information content (AvgIpc) is 2.56. The van der Waals surface area contributed by atoms with Gasteiger partial charge in [-0.2, -0.15) is 0 Å². The monoisotopic (exact) mass is 416 g/mol. The normalized spacial score (nSPS) is 11.9. The van der Waals surface area contributed by atoms with Gasteiger partial charge in [-0.15, -0.1) is 0 Å². The highest BCUT2D eigenvalue weighted by Crippen LogP contribution is 2.13. The first-order chi connectivity index (χ1) is 13.4. The highest BCUT2D eigenvalue weighted by Gasteiger charge is 2.23. The molecular weight excluding hydrogens is 372 g/mol. The van der Waals surface area contributed by atoms with E-state index in [0.29, 0.717) is 39.3 Å². The highest BCUT2D eigenvalue weighted by molar-refractivity contribution is 5.68. The molecule has 2 amide bonds. The Morgan fingerprint density at radius 3 is 1.24 bits per heavy atom. The number of amides is 2. The molecule has 0 aliphatic rings. The van der Waals surface area contributed by atoms with Crippen LogP contribution in [0.4, 0.5) is 9.59 Å². The number of unbranched alkanes of at least 4 members (excludes halogenated alkanes) is 2. The van der Waals surface area contributed by atoms with Crippen molar-refractivity contribution < 1.29 is 19.1 Å². The van der Waals surface area contributed by atoms with Gasteiger partial charge in [0.15, 0.2) is 0 Å². The number of carbonyl (C=O) groups is 2. The number of rotatable bonds is 12. The van der Waals surface area contributed by atoms with Gasteiger partial charge in [-0.05, 0) is 86.7 Å². The van der Waals surface area contributed by atoms with Crippen molar-refractivity contribution in [1.82, 2.24) is 9.80 Å². The molecule has 8 heteroatoms. The van der Waals surface area contributed by atoms with E-state index >= 15 is 0 Å². The second kappa shape index (κ2) is 13.6. The van der Waals surface area contributed by atoms with E-state index in [4.69, 9.17) is 20.9 Å². The molecule has 0 spiro atoms. The summed E-state index contributed by atoms with van der Waals surface area (Å²) in [6.45, 7) is 14.6. The number of hydrogen-bond acceptors (Lipinski definition) is 6. The molecule has 0 heterocycles. The molecule has 0 atom stereocenters. The van der Waals surface area contributed by atoms with Crippen molar-refractivity contribution in [2.45, 2.75) is 84.8 Å². The third-order valence-electron chi connectivity index (χ3n) is 3.92. The Hall–Kier alpha value is -1.54. The fraction of sp³-hybridized carbons (Fsp3) is 0.905. The van der Waals surface area contributed by atoms with Gasteiger partial charge in [0.05, 0.1) is 0 Å². The molecule has 0 saturated carbocycles. The van der Waals surface area contributed by atoms with Gasteiger partial charge in [0.25, 0.3) is 0 Å². The molecule has 0 bridgehead atoms. The minimum atomic E-state index is -0.533. The molecule has 172 valence electrons. The molecular formula is C21H44N4O4. The topological polar surface area (TPSA) is 111 Å². The largest absolute Gasteiger partial charge is 0.444 e. The molecule has 29 heavy (non-hydrogen) atoms. The molecule has 0 aromatic heterocycles. The second-order valence-corrected chi connectivity index (χ2v) is 9.28. The first-order valence-electron chi connectivity index (χ1n) is 10.8. The summed E-state index contributed by atoms with van der Waals surface area (Å²) in [5.74, 6) is 0. The molecule has 0 aromatic rings. The van der Waals surface area contributed by atoms with Crippen molar-refractivity contribution in [2.75, 3.05) is 39.3 Å². The van der Waals surface area contributed by atoms with E-state index in [2.05, 4.69) is 0 Å². The molecule has 0 aliphatic heterocycles. The first-order valence-corrected chi connectivity index (χ1v) is 10.8. The van der Waals surface area contributed by atoms with Crippen molar-refractivity contribution in [1.29, 1.82) is 0 Å². The number of nitrogens with zero attached hydrogens (tertiary/aromatic N) is 2.